The van der Waals surface area contributed by atoms with Gasteiger partial charge in [-0.05, 0) is 12.1 Å². The van der Waals surface area contributed by atoms with Crippen molar-refractivity contribution in [2.75, 3.05) is 0 Å². The summed E-state index contributed by atoms with van der Waals surface area (Å²) in [6, 6.07) is 7.02. The van der Waals surface area contributed by atoms with Crippen LogP contribution in [0.4, 0.5) is 13.2 Å². The Bertz CT molecular complexity index is 507. The van der Waals surface area contributed by atoms with Crippen molar-refractivity contribution in [2.45, 2.75) is 6.18 Å². The van der Waals surface area contributed by atoms with Crippen molar-refractivity contribution < 1.29 is 13.2 Å². The normalized spacial score (nSPS) is 11.8. The van der Waals surface area contributed by atoms with E-state index in [1.165, 1.54) is 5.38 Å². The van der Waals surface area contributed by atoms with Gasteiger partial charge in [-0.15, -0.1) is 11.3 Å². The van der Waals surface area contributed by atoms with E-state index < -0.39 is 11.2 Å². The van der Waals surface area contributed by atoms with Crippen LogP contribution in [0.15, 0.2) is 34.1 Å². The zero-order valence-corrected chi connectivity index (χ0v) is 10.2. The lowest BCUT2D eigenvalue weighted by atomic mass is 10.2. The van der Waals surface area contributed by atoms with Gasteiger partial charge in [-0.25, -0.2) is 4.98 Å². The molecule has 1 nitrogen and oxygen atoms in total. The van der Waals surface area contributed by atoms with E-state index in [4.69, 9.17) is 0 Å². The minimum absolute atomic E-state index is 0.346. The molecule has 1 aromatic carbocycles. The van der Waals surface area contributed by atoms with Crippen LogP contribution in [-0.2, 0) is 6.18 Å². The number of alkyl halides is 3. The average molecular weight is 308 g/mol. The summed E-state index contributed by atoms with van der Waals surface area (Å²) in [5.74, 6) is 0. The molecule has 0 aliphatic heterocycles. The van der Waals surface area contributed by atoms with Crippen LogP contribution in [-0.4, -0.2) is 4.98 Å². The molecule has 0 aliphatic carbocycles. The van der Waals surface area contributed by atoms with Crippen LogP contribution in [0.5, 0.6) is 0 Å². The predicted octanol–water partition coefficient (Wildman–Crippen LogP) is 4.59. The van der Waals surface area contributed by atoms with Crippen LogP contribution >= 0.6 is 27.3 Å². The number of hydrogen-bond donors (Lipinski definition) is 0. The fraction of sp³-hybridized carbons (Fsp3) is 0.100. The van der Waals surface area contributed by atoms with Gasteiger partial charge in [0.05, 0.1) is 5.69 Å². The van der Waals surface area contributed by atoms with Crippen molar-refractivity contribution in [3.8, 4) is 11.3 Å². The van der Waals surface area contributed by atoms with Gasteiger partial charge in [0.2, 0.25) is 0 Å². The molecule has 0 N–H and O–H groups in total. The van der Waals surface area contributed by atoms with E-state index in [0.717, 1.165) is 4.47 Å². The van der Waals surface area contributed by atoms with Crippen LogP contribution in [0.1, 0.15) is 5.01 Å². The molecule has 0 amide bonds. The van der Waals surface area contributed by atoms with Gasteiger partial charge in [0.15, 0.2) is 5.01 Å². The second-order valence-electron chi connectivity index (χ2n) is 3.05. The lowest BCUT2D eigenvalue weighted by Gasteiger charge is -2.00. The summed E-state index contributed by atoms with van der Waals surface area (Å²) in [7, 11) is 0. The molecule has 0 unspecified atom stereocenters. The number of nitrogens with zero attached hydrogens (tertiary/aromatic N) is 1. The minimum Gasteiger partial charge on any atom is -0.232 e. The molecular formula is C10H5BrF3NS. The summed E-state index contributed by atoms with van der Waals surface area (Å²) in [6.45, 7) is 0. The zero-order valence-electron chi connectivity index (χ0n) is 7.75. The number of rotatable bonds is 1. The third-order valence-corrected chi connectivity index (χ3v) is 3.25. The number of halogens is 4. The van der Waals surface area contributed by atoms with E-state index in [0.29, 0.717) is 22.6 Å². The van der Waals surface area contributed by atoms with Crippen LogP contribution in [0.2, 0.25) is 0 Å². The van der Waals surface area contributed by atoms with Crippen LogP contribution in [0.25, 0.3) is 11.3 Å². The van der Waals surface area contributed by atoms with Crippen molar-refractivity contribution in [3.63, 3.8) is 0 Å². The Morgan fingerprint density at radius 1 is 1.25 bits per heavy atom. The van der Waals surface area contributed by atoms with Crippen molar-refractivity contribution >= 4 is 27.3 Å². The van der Waals surface area contributed by atoms with Gasteiger partial charge in [-0.1, -0.05) is 28.1 Å². The Balaban J connectivity index is 2.39. The van der Waals surface area contributed by atoms with Gasteiger partial charge in [-0.2, -0.15) is 13.2 Å². The topological polar surface area (TPSA) is 12.9 Å². The molecule has 2 rings (SSSR count). The first kappa shape index (κ1) is 11.6. The van der Waals surface area contributed by atoms with Gasteiger partial charge in [0.1, 0.15) is 0 Å². The monoisotopic (exact) mass is 307 g/mol. The highest BCUT2D eigenvalue weighted by Crippen LogP contribution is 2.34. The van der Waals surface area contributed by atoms with E-state index in [-0.39, 0.29) is 0 Å². The minimum atomic E-state index is -4.37. The maximum atomic E-state index is 12.3. The lowest BCUT2D eigenvalue weighted by Crippen LogP contribution is -2.03. The average Bonchev–Trinajstić information content (AvgIpc) is 2.65. The molecule has 0 radical (unpaired) electrons. The molecule has 0 aliphatic rings. The second kappa shape index (κ2) is 4.18. The van der Waals surface area contributed by atoms with Crippen LogP contribution in [0.3, 0.4) is 0 Å². The molecule has 2 aromatic rings. The predicted molar refractivity (Wildman–Crippen MR) is 60.3 cm³/mol. The van der Waals surface area contributed by atoms with E-state index in [1.807, 2.05) is 0 Å². The quantitative estimate of drug-likeness (QED) is 0.751. The van der Waals surface area contributed by atoms with E-state index in [2.05, 4.69) is 20.9 Å². The molecule has 6 heteroatoms. The molecule has 0 bridgehead atoms. The Hall–Kier alpha value is -0.880. The third kappa shape index (κ3) is 2.44. The first-order valence-corrected chi connectivity index (χ1v) is 5.93. The van der Waals surface area contributed by atoms with Gasteiger partial charge in [0.25, 0.3) is 0 Å². The van der Waals surface area contributed by atoms with Crippen molar-refractivity contribution in [2.24, 2.45) is 0 Å². The standard InChI is InChI=1S/C10H5BrF3NS/c11-7-3-1-2-6(4-7)8-5-16-9(15-8)10(12,13)14/h1-5H. The number of benzene rings is 1. The first-order valence-electron chi connectivity index (χ1n) is 4.25. The summed E-state index contributed by atoms with van der Waals surface area (Å²) in [5, 5.41) is 0.590. The fourth-order valence-corrected chi connectivity index (χ4v) is 2.28. The molecule has 16 heavy (non-hydrogen) atoms. The van der Waals surface area contributed by atoms with Gasteiger partial charge < -0.3 is 0 Å². The molecule has 84 valence electrons. The first-order chi connectivity index (χ1) is 7.47. The van der Waals surface area contributed by atoms with E-state index >= 15 is 0 Å². The maximum Gasteiger partial charge on any atom is 0.443 e. The van der Waals surface area contributed by atoms with Crippen molar-refractivity contribution in [1.82, 2.24) is 4.98 Å². The number of thiazole rings is 1. The fourth-order valence-electron chi connectivity index (χ4n) is 1.18. The Kier molecular flexibility index (Phi) is 3.03. The highest BCUT2D eigenvalue weighted by molar-refractivity contribution is 9.10. The SMILES string of the molecule is FC(F)(F)c1nc(-c2cccc(Br)c2)cs1. The molecule has 1 aromatic heterocycles. The highest BCUT2D eigenvalue weighted by Gasteiger charge is 2.34. The van der Waals surface area contributed by atoms with Crippen LogP contribution < -0.4 is 0 Å². The molecule has 0 saturated heterocycles. The van der Waals surface area contributed by atoms with Crippen molar-refractivity contribution in [1.29, 1.82) is 0 Å². The Labute approximate surface area is 102 Å². The second-order valence-corrected chi connectivity index (χ2v) is 4.82. The largest absolute Gasteiger partial charge is 0.443 e. The van der Waals surface area contributed by atoms with E-state index in [9.17, 15) is 13.2 Å². The van der Waals surface area contributed by atoms with Crippen LogP contribution in [0, 0.1) is 0 Å². The highest BCUT2D eigenvalue weighted by atomic mass is 79.9. The van der Waals surface area contributed by atoms with E-state index in [1.54, 1.807) is 24.3 Å². The molecule has 0 atom stereocenters. The number of aromatic nitrogens is 1. The third-order valence-electron chi connectivity index (χ3n) is 1.87. The summed E-state index contributed by atoms with van der Waals surface area (Å²) in [6.07, 6.45) is -4.37. The molecule has 0 fully saturated rings. The summed E-state index contributed by atoms with van der Waals surface area (Å²) < 4.78 is 37.8. The van der Waals surface area contributed by atoms with Crippen molar-refractivity contribution in [3.05, 3.63) is 39.1 Å². The Morgan fingerprint density at radius 3 is 2.56 bits per heavy atom. The van der Waals surface area contributed by atoms with Gasteiger partial charge in [-0.3, -0.25) is 0 Å². The summed E-state index contributed by atoms with van der Waals surface area (Å²) in [4.78, 5) is 3.57. The smallest absolute Gasteiger partial charge is 0.232 e. The summed E-state index contributed by atoms with van der Waals surface area (Å²) in [5.41, 5.74) is 1.01. The van der Waals surface area contributed by atoms with Gasteiger partial charge in [0, 0.05) is 15.4 Å². The zero-order chi connectivity index (χ0) is 11.8. The molecular weight excluding hydrogens is 303 g/mol. The molecule has 1 heterocycles. The number of hydrogen-bond acceptors (Lipinski definition) is 2. The Morgan fingerprint density at radius 2 is 2.00 bits per heavy atom. The molecule has 0 spiro atoms. The molecule has 0 saturated carbocycles. The lowest BCUT2D eigenvalue weighted by molar-refractivity contribution is -0.137. The maximum absolute atomic E-state index is 12.3. The summed E-state index contributed by atoms with van der Waals surface area (Å²) >= 11 is 3.86. The van der Waals surface area contributed by atoms with Gasteiger partial charge >= 0.3 is 6.18 Å².